The average molecular weight is 474 g/mol. The van der Waals surface area contributed by atoms with Crippen LogP contribution in [0.15, 0.2) is 59.5 Å². The summed E-state index contributed by atoms with van der Waals surface area (Å²) in [5, 5.41) is 4.99. The van der Waals surface area contributed by atoms with Crippen LogP contribution >= 0.6 is 24.0 Å². The van der Waals surface area contributed by atoms with Crippen molar-refractivity contribution in [3.63, 3.8) is 0 Å². The number of hydrogen-bond donors (Lipinski definition) is 1. The highest BCUT2D eigenvalue weighted by Crippen LogP contribution is 2.44. The molecule has 1 amide bonds. The summed E-state index contributed by atoms with van der Waals surface area (Å²) in [4.78, 5) is 12.6. The van der Waals surface area contributed by atoms with E-state index in [1.165, 1.54) is 65.9 Å². The van der Waals surface area contributed by atoms with Gasteiger partial charge in [0.15, 0.2) is 0 Å². The molecule has 168 valence electrons. The van der Waals surface area contributed by atoms with E-state index in [1.807, 2.05) is 6.08 Å². The number of carbonyl (C=O) groups is 1. The van der Waals surface area contributed by atoms with Crippen LogP contribution in [-0.4, -0.2) is 17.3 Å². The van der Waals surface area contributed by atoms with Crippen molar-refractivity contribution in [2.24, 2.45) is 0 Å². The van der Waals surface area contributed by atoms with Crippen molar-refractivity contribution >= 4 is 51.1 Å². The van der Waals surface area contributed by atoms with E-state index in [2.05, 4.69) is 66.8 Å². The van der Waals surface area contributed by atoms with Crippen molar-refractivity contribution in [2.75, 3.05) is 7.11 Å². The number of hydrogen-bond acceptors (Lipinski definition) is 4. The molecule has 0 spiro atoms. The third kappa shape index (κ3) is 4.44. The molecule has 3 aromatic carbocycles. The predicted octanol–water partition coefficient (Wildman–Crippen LogP) is 7.23. The maximum atomic E-state index is 12.0. The molecule has 1 heterocycles. The molecule has 2 aliphatic rings. The summed E-state index contributed by atoms with van der Waals surface area (Å²) < 4.78 is 6.27. The van der Waals surface area contributed by atoms with E-state index in [9.17, 15) is 4.79 Å². The number of thiocarbonyl (C=S) groups is 1. The summed E-state index contributed by atoms with van der Waals surface area (Å²) in [5.74, 6) is 0.873. The van der Waals surface area contributed by atoms with Gasteiger partial charge >= 0.3 is 0 Å². The lowest BCUT2D eigenvalue weighted by Crippen LogP contribution is -2.25. The summed E-state index contributed by atoms with van der Waals surface area (Å²) in [6, 6.07) is 19.5. The number of ether oxygens (including phenoxy) is 1. The first kappa shape index (κ1) is 22.2. The van der Waals surface area contributed by atoms with Gasteiger partial charge in [-0.05, 0) is 76.1 Å². The molecule has 0 radical (unpaired) electrons. The van der Waals surface area contributed by atoms with E-state index in [-0.39, 0.29) is 11.3 Å². The normalized spacial score (nSPS) is 19.2. The van der Waals surface area contributed by atoms with E-state index in [0.717, 1.165) is 16.7 Å². The first-order chi connectivity index (χ1) is 15.9. The number of amides is 1. The molecule has 1 saturated heterocycles. The predicted molar refractivity (Wildman–Crippen MR) is 143 cm³/mol. The van der Waals surface area contributed by atoms with Crippen molar-refractivity contribution < 1.29 is 9.53 Å². The van der Waals surface area contributed by atoms with E-state index >= 15 is 0 Å². The molecule has 5 rings (SSSR count). The molecule has 0 atom stereocenters. The van der Waals surface area contributed by atoms with Crippen LogP contribution in [0.2, 0.25) is 0 Å². The van der Waals surface area contributed by atoms with E-state index in [1.54, 1.807) is 7.11 Å². The summed E-state index contributed by atoms with van der Waals surface area (Å²) >= 11 is 6.39. The minimum absolute atomic E-state index is 0.123. The van der Waals surface area contributed by atoms with Gasteiger partial charge in [-0.15, -0.1) is 0 Å². The van der Waals surface area contributed by atoms with Gasteiger partial charge in [-0.25, -0.2) is 0 Å². The van der Waals surface area contributed by atoms with Crippen LogP contribution in [-0.2, 0) is 10.2 Å². The molecule has 33 heavy (non-hydrogen) atoms. The van der Waals surface area contributed by atoms with Gasteiger partial charge in [0.05, 0.1) is 12.0 Å². The molecule has 0 aromatic heterocycles. The van der Waals surface area contributed by atoms with Gasteiger partial charge in [-0.2, -0.15) is 0 Å². The molecule has 0 unspecified atom stereocenters. The molecule has 0 bridgehead atoms. The lowest BCUT2D eigenvalue weighted by molar-refractivity contribution is -0.115. The second kappa shape index (κ2) is 8.96. The lowest BCUT2D eigenvalue weighted by atomic mass is 9.70. The molecule has 3 aromatic rings. The highest BCUT2D eigenvalue weighted by atomic mass is 32.2. The van der Waals surface area contributed by atoms with Gasteiger partial charge in [0.1, 0.15) is 10.1 Å². The minimum atomic E-state index is -0.123. The Morgan fingerprint density at radius 1 is 0.970 bits per heavy atom. The molecule has 1 aliphatic carbocycles. The van der Waals surface area contributed by atoms with Crippen molar-refractivity contribution in [3.05, 3.63) is 70.6 Å². The lowest BCUT2D eigenvalue weighted by Gasteiger charge is -2.35. The Morgan fingerprint density at radius 2 is 1.67 bits per heavy atom. The van der Waals surface area contributed by atoms with Crippen LogP contribution in [0.4, 0.5) is 0 Å². The van der Waals surface area contributed by atoms with E-state index in [4.69, 9.17) is 17.0 Å². The third-order valence-electron chi connectivity index (χ3n) is 6.94. The largest absolute Gasteiger partial charge is 0.496 e. The molecule has 3 nitrogen and oxygen atoms in total. The van der Waals surface area contributed by atoms with Crippen molar-refractivity contribution in [1.29, 1.82) is 0 Å². The fourth-order valence-corrected chi connectivity index (χ4v) is 6.11. The Kier molecular flexibility index (Phi) is 6.02. The summed E-state index contributed by atoms with van der Waals surface area (Å²) in [6.45, 7) is 2.39. The van der Waals surface area contributed by atoms with Crippen LogP contribution < -0.4 is 10.1 Å². The summed E-state index contributed by atoms with van der Waals surface area (Å²) in [6.07, 6.45) is 8.21. The molecular weight excluding hydrogens is 446 g/mol. The highest BCUT2D eigenvalue weighted by Gasteiger charge is 2.31. The first-order valence-corrected chi connectivity index (χ1v) is 12.7. The fourth-order valence-electron chi connectivity index (χ4n) is 5.07. The molecule has 1 saturated carbocycles. The summed E-state index contributed by atoms with van der Waals surface area (Å²) in [7, 11) is 1.77. The Morgan fingerprint density at radius 3 is 2.39 bits per heavy atom. The first-order valence-electron chi connectivity index (χ1n) is 11.4. The zero-order chi connectivity index (χ0) is 23.0. The van der Waals surface area contributed by atoms with Gasteiger partial charge in [0, 0.05) is 5.56 Å². The molecule has 1 N–H and O–H groups in total. The molecule has 2 fully saturated rings. The Hall–Kier alpha value is -2.63. The zero-order valence-electron chi connectivity index (χ0n) is 18.9. The molecule has 5 heteroatoms. The number of nitrogens with one attached hydrogen (secondary N) is 1. The number of fused-ring (bicyclic) bond motifs is 1. The second-order valence-electron chi connectivity index (χ2n) is 9.21. The van der Waals surface area contributed by atoms with Crippen LogP contribution in [0.5, 0.6) is 5.75 Å². The monoisotopic (exact) mass is 473 g/mol. The highest BCUT2D eigenvalue weighted by molar-refractivity contribution is 8.26. The van der Waals surface area contributed by atoms with Gasteiger partial charge in [0.2, 0.25) is 0 Å². The van der Waals surface area contributed by atoms with Crippen molar-refractivity contribution in [1.82, 2.24) is 5.32 Å². The van der Waals surface area contributed by atoms with Crippen LogP contribution in [0.3, 0.4) is 0 Å². The van der Waals surface area contributed by atoms with Crippen LogP contribution in [0, 0.1) is 0 Å². The van der Waals surface area contributed by atoms with E-state index in [0.29, 0.717) is 9.23 Å². The number of rotatable bonds is 4. The average Bonchev–Trinajstić information content (AvgIpc) is 3.15. The third-order valence-corrected chi connectivity index (χ3v) is 8.11. The van der Waals surface area contributed by atoms with Crippen LogP contribution in [0.25, 0.3) is 28.0 Å². The van der Waals surface area contributed by atoms with Gasteiger partial charge in [-0.3, -0.25) is 4.79 Å². The molecule has 1 aliphatic heterocycles. The standard InChI is InChI=1S/C28H27NO2S2/c1-28(12-4-3-5-13-28)23-17-22(10-11-24(23)31-2)21-9-8-19-14-18(6-7-20(19)16-21)15-25-26(30)29-27(32)33-25/h6-11,14-17H,3-5,12-13H2,1-2H3,(H,29,30,32). The van der Waals surface area contributed by atoms with Gasteiger partial charge in [-0.1, -0.05) is 80.5 Å². The Balaban J connectivity index is 1.49. The topological polar surface area (TPSA) is 38.3 Å². The quantitative estimate of drug-likeness (QED) is 0.320. The minimum Gasteiger partial charge on any atom is -0.496 e. The fraction of sp³-hybridized carbons (Fsp3) is 0.286. The maximum absolute atomic E-state index is 12.0. The Bertz CT molecular complexity index is 1290. The SMILES string of the molecule is COc1ccc(-c2ccc3cc(C=C4SC(=S)NC4=O)ccc3c2)cc1C1(C)CCCCC1. The number of methoxy groups -OCH3 is 1. The number of thioether (sulfide) groups is 1. The number of benzene rings is 3. The zero-order valence-corrected chi connectivity index (χ0v) is 20.6. The van der Waals surface area contributed by atoms with Crippen LogP contribution in [0.1, 0.15) is 50.2 Å². The van der Waals surface area contributed by atoms with Gasteiger partial charge in [0.25, 0.3) is 5.91 Å². The van der Waals surface area contributed by atoms with Crippen molar-refractivity contribution in [3.8, 4) is 16.9 Å². The molecular formula is C28H27NO2S2. The summed E-state index contributed by atoms with van der Waals surface area (Å²) in [5.41, 5.74) is 4.92. The van der Waals surface area contributed by atoms with Crippen molar-refractivity contribution in [2.45, 2.75) is 44.4 Å². The second-order valence-corrected chi connectivity index (χ2v) is 10.9. The van der Waals surface area contributed by atoms with Gasteiger partial charge < -0.3 is 10.1 Å². The maximum Gasteiger partial charge on any atom is 0.263 e. The van der Waals surface area contributed by atoms with E-state index < -0.39 is 0 Å². The smallest absolute Gasteiger partial charge is 0.263 e. The number of carbonyl (C=O) groups excluding carboxylic acids is 1. The Labute approximate surface area is 204 Å².